The van der Waals surface area contributed by atoms with E-state index in [1.807, 2.05) is 48.5 Å². The summed E-state index contributed by atoms with van der Waals surface area (Å²) in [5.41, 5.74) is 2.00. The molecule has 4 aromatic rings. The SMILES string of the molecule is O=C(Cc1ccccc1Cl)N(Cc1ccccc1)c1nc2c(F)cccc2s1. The first-order chi connectivity index (χ1) is 13.6. The van der Waals surface area contributed by atoms with E-state index in [1.54, 1.807) is 23.1 Å². The highest BCUT2D eigenvalue weighted by molar-refractivity contribution is 7.22. The van der Waals surface area contributed by atoms with Crippen molar-refractivity contribution in [3.05, 3.63) is 94.8 Å². The van der Waals surface area contributed by atoms with Crippen LogP contribution in [0.4, 0.5) is 9.52 Å². The minimum Gasteiger partial charge on any atom is -0.283 e. The van der Waals surface area contributed by atoms with Crippen molar-refractivity contribution in [3.8, 4) is 0 Å². The Morgan fingerprint density at radius 3 is 2.50 bits per heavy atom. The van der Waals surface area contributed by atoms with Crippen LogP contribution in [0.25, 0.3) is 10.2 Å². The largest absolute Gasteiger partial charge is 0.283 e. The van der Waals surface area contributed by atoms with Crippen LogP contribution in [0.15, 0.2) is 72.8 Å². The summed E-state index contributed by atoms with van der Waals surface area (Å²) in [6.07, 6.45) is 0.144. The van der Waals surface area contributed by atoms with E-state index in [0.29, 0.717) is 21.4 Å². The van der Waals surface area contributed by atoms with E-state index in [4.69, 9.17) is 11.6 Å². The number of aromatic nitrogens is 1. The van der Waals surface area contributed by atoms with Crippen molar-refractivity contribution in [2.45, 2.75) is 13.0 Å². The van der Waals surface area contributed by atoms with E-state index >= 15 is 0 Å². The fourth-order valence-electron chi connectivity index (χ4n) is 2.95. The molecule has 0 radical (unpaired) electrons. The third-order valence-corrected chi connectivity index (χ3v) is 5.79. The number of benzene rings is 3. The summed E-state index contributed by atoms with van der Waals surface area (Å²) in [5.74, 6) is -0.533. The third kappa shape index (κ3) is 3.91. The van der Waals surface area contributed by atoms with Crippen molar-refractivity contribution < 1.29 is 9.18 Å². The van der Waals surface area contributed by atoms with Gasteiger partial charge in [0.1, 0.15) is 11.3 Å². The van der Waals surface area contributed by atoms with Gasteiger partial charge in [-0.25, -0.2) is 9.37 Å². The minimum atomic E-state index is -0.391. The first-order valence-electron chi connectivity index (χ1n) is 8.74. The topological polar surface area (TPSA) is 33.2 Å². The molecule has 0 atom stereocenters. The molecule has 0 aliphatic rings. The second-order valence-electron chi connectivity index (χ2n) is 6.32. The Balaban J connectivity index is 1.71. The lowest BCUT2D eigenvalue weighted by Gasteiger charge is -2.20. The Hall–Kier alpha value is -2.76. The van der Waals surface area contributed by atoms with Gasteiger partial charge in [0.15, 0.2) is 5.13 Å². The van der Waals surface area contributed by atoms with Gasteiger partial charge in [0.2, 0.25) is 5.91 Å². The van der Waals surface area contributed by atoms with E-state index in [0.717, 1.165) is 11.1 Å². The molecule has 0 aliphatic carbocycles. The number of carbonyl (C=O) groups excluding carboxylic acids is 1. The number of nitrogens with zero attached hydrogens (tertiary/aromatic N) is 2. The van der Waals surface area contributed by atoms with Crippen molar-refractivity contribution in [2.24, 2.45) is 0 Å². The summed E-state index contributed by atoms with van der Waals surface area (Å²) in [5, 5.41) is 1.02. The summed E-state index contributed by atoms with van der Waals surface area (Å²) in [7, 11) is 0. The van der Waals surface area contributed by atoms with Crippen LogP contribution in [0.2, 0.25) is 5.02 Å². The molecular formula is C22H16ClFN2OS. The number of halogens is 2. The molecule has 6 heteroatoms. The smallest absolute Gasteiger partial charge is 0.233 e. The molecule has 0 unspecified atom stereocenters. The zero-order chi connectivity index (χ0) is 19.5. The van der Waals surface area contributed by atoms with E-state index in [9.17, 15) is 9.18 Å². The first kappa shape index (κ1) is 18.6. The predicted octanol–water partition coefficient (Wildman–Crippen LogP) is 5.86. The monoisotopic (exact) mass is 410 g/mol. The maximum absolute atomic E-state index is 14.1. The van der Waals surface area contributed by atoms with E-state index in [-0.39, 0.29) is 17.8 Å². The zero-order valence-corrected chi connectivity index (χ0v) is 16.4. The summed E-state index contributed by atoms with van der Waals surface area (Å²) >= 11 is 7.53. The molecule has 4 rings (SSSR count). The number of hydrogen-bond donors (Lipinski definition) is 0. The Morgan fingerprint density at radius 1 is 1.00 bits per heavy atom. The number of para-hydroxylation sites is 1. The molecular weight excluding hydrogens is 395 g/mol. The second kappa shape index (κ2) is 8.09. The maximum Gasteiger partial charge on any atom is 0.233 e. The van der Waals surface area contributed by atoms with Gasteiger partial charge < -0.3 is 0 Å². The highest BCUT2D eigenvalue weighted by atomic mass is 35.5. The van der Waals surface area contributed by atoms with Gasteiger partial charge in [-0.1, -0.05) is 77.5 Å². The van der Waals surface area contributed by atoms with Crippen LogP contribution in [-0.4, -0.2) is 10.9 Å². The van der Waals surface area contributed by atoms with Gasteiger partial charge in [0.25, 0.3) is 0 Å². The zero-order valence-electron chi connectivity index (χ0n) is 14.8. The third-order valence-electron chi connectivity index (χ3n) is 4.37. The number of thiazole rings is 1. The summed E-state index contributed by atoms with van der Waals surface area (Å²) < 4.78 is 14.8. The van der Waals surface area contributed by atoms with Gasteiger partial charge in [-0.15, -0.1) is 0 Å². The molecule has 0 saturated carbocycles. The average molecular weight is 411 g/mol. The quantitative estimate of drug-likeness (QED) is 0.412. The molecule has 0 fully saturated rings. The van der Waals surface area contributed by atoms with Crippen molar-refractivity contribution in [1.29, 1.82) is 0 Å². The molecule has 1 aromatic heterocycles. The second-order valence-corrected chi connectivity index (χ2v) is 7.73. The normalized spacial score (nSPS) is 10.9. The predicted molar refractivity (Wildman–Crippen MR) is 112 cm³/mol. The van der Waals surface area contributed by atoms with Crippen LogP contribution >= 0.6 is 22.9 Å². The van der Waals surface area contributed by atoms with Crippen LogP contribution in [-0.2, 0) is 17.8 Å². The standard InChI is InChI=1S/C22H16ClFN2OS/c23-17-10-5-4-9-16(17)13-20(27)26(14-15-7-2-1-3-8-15)22-25-21-18(24)11-6-12-19(21)28-22/h1-12H,13-14H2. The first-order valence-corrected chi connectivity index (χ1v) is 9.94. The van der Waals surface area contributed by atoms with Gasteiger partial charge >= 0.3 is 0 Å². The molecule has 3 nitrogen and oxygen atoms in total. The number of fused-ring (bicyclic) bond motifs is 1. The number of hydrogen-bond acceptors (Lipinski definition) is 3. The van der Waals surface area contributed by atoms with Crippen LogP contribution < -0.4 is 4.90 Å². The summed E-state index contributed by atoms with van der Waals surface area (Å²) in [4.78, 5) is 19.2. The lowest BCUT2D eigenvalue weighted by Crippen LogP contribution is -2.31. The van der Waals surface area contributed by atoms with Gasteiger partial charge in [-0.3, -0.25) is 9.69 Å². The van der Waals surface area contributed by atoms with Crippen molar-refractivity contribution in [3.63, 3.8) is 0 Å². The Bertz CT molecular complexity index is 1130. The molecule has 140 valence electrons. The Kier molecular flexibility index (Phi) is 5.37. The van der Waals surface area contributed by atoms with Crippen LogP contribution in [0.3, 0.4) is 0 Å². The van der Waals surface area contributed by atoms with E-state index in [1.165, 1.54) is 17.4 Å². The summed E-state index contributed by atoms with van der Waals surface area (Å²) in [6, 6.07) is 21.8. The highest BCUT2D eigenvalue weighted by Gasteiger charge is 2.22. The molecule has 3 aromatic carbocycles. The number of anilines is 1. The lowest BCUT2D eigenvalue weighted by atomic mass is 10.1. The number of amides is 1. The summed E-state index contributed by atoms with van der Waals surface area (Å²) in [6.45, 7) is 0.353. The van der Waals surface area contributed by atoms with Gasteiger partial charge in [0.05, 0.1) is 17.7 Å². The fraction of sp³-hybridized carbons (Fsp3) is 0.0909. The number of rotatable bonds is 5. The minimum absolute atomic E-state index is 0.142. The highest BCUT2D eigenvalue weighted by Crippen LogP contribution is 2.32. The van der Waals surface area contributed by atoms with Crippen LogP contribution in [0, 0.1) is 5.82 Å². The molecule has 28 heavy (non-hydrogen) atoms. The van der Waals surface area contributed by atoms with Crippen molar-refractivity contribution in [1.82, 2.24) is 4.98 Å². The number of carbonyl (C=O) groups is 1. The van der Waals surface area contributed by atoms with E-state index in [2.05, 4.69) is 4.98 Å². The van der Waals surface area contributed by atoms with Crippen molar-refractivity contribution in [2.75, 3.05) is 4.90 Å². The Morgan fingerprint density at radius 2 is 1.75 bits per heavy atom. The van der Waals surface area contributed by atoms with Gasteiger partial charge in [-0.2, -0.15) is 0 Å². The maximum atomic E-state index is 14.1. The fourth-order valence-corrected chi connectivity index (χ4v) is 4.15. The van der Waals surface area contributed by atoms with Crippen LogP contribution in [0.5, 0.6) is 0 Å². The lowest BCUT2D eigenvalue weighted by molar-refractivity contribution is -0.118. The van der Waals surface area contributed by atoms with Crippen LogP contribution in [0.1, 0.15) is 11.1 Å². The average Bonchev–Trinajstić information content (AvgIpc) is 3.14. The van der Waals surface area contributed by atoms with E-state index < -0.39 is 5.82 Å². The van der Waals surface area contributed by atoms with Gasteiger partial charge in [-0.05, 0) is 29.3 Å². The molecule has 1 amide bonds. The molecule has 0 spiro atoms. The van der Waals surface area contributed by atoms with Gasteiger partial charge in [0, 0.05) is 5.02 Å². The molecule has 0 saturated heterocycles. The molecule has 0 bridgehead atoms. The molecule has 1 heterocycles. The molecule has 0 N–H and O–H groups in total. The van der Waals surface area contributed by atoms with Crippen molar-refractivity contribution >= 4 is 44.2 Å². The molecule has 0 aliphatic heterocycles. The Labute approximate surface area is 171 Å².